The fourth-order valence-electron chi connectivity index (χ4n) is 1.41. The van der Waals surface area contributed by atoms with Crippen LogP contribution in [0.15, 0.2) is 30.6 Å². The van der Waals surface area contributed by atoms with Crippen molar-refractivity contribution in [3.63, 3.8) is 0 Å². The van der Waals surface area contributed by atoms with Gasteiger partial charge in [0.25, 0.3) is 0 Å². The largest absolute Gasteiger partial charge is 0.380 e. The summed E-state index contributed by atoms with van der Waals surface area (Å²) in [5, 5.41) is 10.2. The lowest BCUT2D eigenvalue weighted by Crippen LogP contribution is -2.07. The second kappa shape index (κ2) is 4.77. The summed E-state index contributed by atoms with van der Waals surface area (Å²) in [4.78, 5) is 7.91. The lowest BCUT2D eigenvalue weighted by molar-refractivity contribution is 0.204. The Kier molecular flexibility index (Phi) is 3.36. The summed E-state index contributed by atoms with van der Waals surface area (Å²) in [7, 11) is 0. The van der Waals surface area contributed by atoms with E-state index in [4.69, 9.17) is 11.6 Å². The summed E-state index contributed by atoms with van der Waals surface area (Å²) in [5.74, 6) is -0.411. The fraction of sp³-hybridized carbons (Fsp3) is 0.167. The second-order valence-electron chi connectivity index (χ2n) is 3.69. The zero-order chi connectivity index (χ0) is 12.4. The van der Waals surface area contributed by atoms with E-state index in [2.05, 4.69) is 9.97 Å². The van der Waals surface area contributed by atoms with E-state index in [1.807, 2.05) is 6.92 Å². The molecule has 1 N–H and O–H groups in total. The molecule has 17 heavy (non-hydrogen) atoms. The molecule has 0 fully saturated rings. The van der Waals surface area contributed by atoms with Gasteiger partial charge in [-0.2, -0.15) is 0 Å². The predicted molar refractivity (Wildman–Crippen MR) is 62.2 cm³/mol. The van der Waals surface area contributed by atoms with Crippen LogP contribution in [0.2, 0.25) is 5.02 Å². The van der Waals surface area contributed by atoms with Gasteiger partial charge in [-0.15, -0.1) is 0 Å². The number of rotatable bonds is 2. The molecule has 0 radical (unpaired) electrons. The van der Waals surface area contributed by atoms with E-state index in [9.17, 15) is 9.50 Å². The van der Waals surface area contributed by atoms with Gasteiger partial charge in [0.2, 0.25) is 0 Å². The first-order valence-electron chi connectivity index (χ1n) is 4.99. The van der Waals surface area contributed by atoms with Crippen molar-refractivity contribution >= 4 is 11.6 Å². The van der Waals surface area contributed by atoms with Gasteiger partial charge in [-0.1, -0.05) is 17.7 Å². The highest BCUT2D eigenvalue weighted by Gasteiger charge is 2.17. The smallest absolute Gasteiger partial charge is 0.161 e. The highest BCUT2D eigenvalue weighted by Crippen LogP contribution is 2.23. The first kappa shape index (κ1) is 12.0. The SMILES string of the molecule is Cc1cnc(C(O)c2ccc(Cl)cc2F)nc1. The predicted octanol–water partition coefficient (Wildman–Crippen LogP) is 2.66. The molecule has 0 saturated heterocycles. The summed E-state index contributed by atoms with van der Waals surface area (Å²) in [6, 6.07) is 4.08. The first-order chi connectivity index (χ1) is 8.08. The lowest BCUT2D eigenvalue weighted by atomic mass is 10.1. The summed E-state index contributed by atoms with van der Waals surface area (Å²) >= 11 is 5.64. The zero-order valence-corrected chi connectivity index (χ0v) is 9.82. The molecule has 88 valence electrons. The molecule has 1 unspecified atom stereocenters. The monoisotopic (exact) mass is 252 g/mol. The summed E-state index contributed by atoms with van der Waals surface area (Å²) in [6.07, 6.45) is 1.95. The van der Waals surface area contributed by atoms with E-state index < -0.39 is 11.9 Å². The molecular formula is C12H10ClFN2O. The minimum absolute atomic E-state index is 0.109. The van der Waals surface area contributed by atoms with Crippen molar-refractivity contribution < 1.29 is 9.50 Å². The molecule has 1 aromatic carbocycles. The van der Waals surface area contributed by atoms with Crippen LogP contribution in [0.5, 0.6) is 0 Å². The number of aromatic nitrogens is 2. The molecule has 1 atom stereocenters. The van der Waals surface area contributed by atoms with Crippen LogP contribution in [0.1, 0.15) is 23.1 Å². The number of halogens is 2. The number of aliphatic hydroxyl groups is 1. The molecule has 1 heterocycles. The van der Waals surface area contributed by atoms with Gasteiger partial charge in [-0.05, 0) is 24.6 Å². The van der Waals surface area contributed by atoms with Gasteiger partial charge >= 0.3 is 0 Å². The Labute approximate surface area is 103 Å². The van der Waals surface area contributed by atoms with Gasteiger partial charge < -0.3 is 5.11 Å². The summed E-state index contributed by atoms with van der Waals surface area (Å²) < 4.78 is 13.6. The Hall–Kier alpha value is -1.52. The Morgan fingerprint density at radius 1 is 1.29 bits per heavy atom. The van der Waals surface area contributed by atoms with Crippen molar-refractivity contribution in [1.82, 2.24) is 9.97 Å². The van der Waals surface area contributed by atoms with E-state index in [1.54, 1.807) is 12.4 Å². The molecule has 1 aromatic heterocycles. The van der Waals surface area contributed by atoms with Gasteiger partial charge in [-0.3, -0.25) is 0 Å². The van der Waals surface area contributed by atoms with Crippen molar-refractivity contribution in [3.05, 3.63) is 58.4 Å². The van der Waals surface area contributed by atoms with Crippen LogP contribution in [-0.4, -0.2) is 15.1 Å². The third kappa shape index (κ3) is 2.60. The molecule has 0 amide bonds. The van der Waals surface area contributed by atoms with Gasteiger partial charge in [-0.25, -0.2) is 14.4 Å². The average molecular weight is 253 g/mol. The minimum Gasteiger partial charge on any atom is -0.380 e. The molecule has 0 aliphatic carbocycles. The Morgan fingerprint density at radius 2 is 1.94 bits per heavy atom. The molecule has 0 aliphatic rings. The van der Waals surface area contributed by atoms with E-state index >= 15 is 0 Å². The van der Waals surface area contributed by atoms with Gasteiger partial charge in [0, 0.05) is 23.0 Å². The fourth-order valence-corrected chi connectivity index (χ4v) is 1.56. The average Bonchev–Trinajstić information content (AvgIpc) is 2.29. The Morgan fingerprint density at radius 3 is 2.53 bits per heavy atom. The molecule has 2 aromatic rings. The zero-order valence-electron chi connectivity index (χ0n) is 9.06. The van der Waals surface area contributed by atoms with Crippen molar-refractivity contribution in [2.24, 2.45) is 0 Å². The first-order valence-corrected chi connectivity index (χ1v) is 5.37. The number of nitrogens with zero attached hydrogens (tertiary/aromatic N) is 2. The molecule has 0 spiro atoms. The van der Waals surface area contributed by atoms with Gasteiger partial charge in [0.05, 0.1) is 0 Å². The molecule has 0 bridgehead atoms. The van der Waals surface area contributed by atoms with Crippen LogP contribution < -0.4 is 0 Å². The summed E-state index contributed by atoms with van der Waals surface area (Å²) in [5.41, 5.74) is 0.982. The normalized spacial score (nSPS) is 12.5. The molecule has 2 rings (SSSR count). The van der Waals surface area contributed by atoms with E-state index in [0.29, 0.717) is 0 Å². The maximum atomic E-state index is 13.6. The van der Waals surface area contributed by atoms with Crippen molar-refractivity contribution in [3.8, 4) is 0 Å². The van der Waals surface area contributed by atoms with E-state index in [1.165, 1.54) is 12.1 Å². The van der Waals surface area contributed by atoms with Crippen molar-refractivity contribution in [2.45, 2.75) is 13.0 Å². The molecular weight excluding hydrogens is 243 g/mol. The summed E-state index contributed by atoms with van der Waals surface area (Å²) in [6.45, 7) is 1.83. The Balaban J connectivity index is 2.36. The number of hydrogen-bond acceptors (Lipinski definition) is 3. The van der Waals surface area contributed by atoms with Gasteiger partial charge in [0.15, 0.2) is 5.82 Å². The Bertz CT molecular complexity index is 531. The number of aryl methyl sites for hydroxylation is 1. The number of benzene rings is 1. The number of aliphatic hydroxyl groups excluding tert-OH is 1. The lowest BCUT2D eigenvalue weighted by Gasteiger charge is -2.10. The van der Waals surface area contributed by atoms with E-state index in [0.717, 1.165) is 11.6 Å². The van der Waals surface area contributed by atoms with Crippen LogP contribution in [0.25, 0.3) is 0 Å². The van der Waals surface area contributed by atoms with Crippen LogP contribution >= 0.6 is 11.6 Å². The molecule has 5 heteroatoms. The van der Waals surface area contributed by atoms with Crippen molar-refractivity contribution in [2.75, 3.05) is 0 Å². The quantitative estimate of drug-likeness (QED) is 0.894. The highest BCUT2D eigenvalue weighted by molar-refractivity contribution is 6.30. The maximum Gasteiger partial charge on any atom is 0.161 e. The third-order valence-electron chi connectivity index (χ3n) is 2.30. The maximum absolute atomic E-state index is 13.6. The van der Waals surface area contributed by atoms with E-state index in [-0.39, 0.29) is 16.4 Å². The highest BCUT2D eigenvalue weighted by atomic mass is 35.5. The molecule has 0 aliphatic heterocycles. The molecule has 3 nitrogen and oxygen atoms in total. The van der Waals surface area contributed by atoms with Crippen LogP contribution in [0, 0.1) is 12.7 Å². The third-order valence-corrected chi connectivity index (χ3v) is 2.54. The second-order valence-corrected chi connectivity index (χ2v) is 4.12. The standard InChI is InChI=1S/C12H10ClFN2O/c1-7-5-15-12(16-6-7)11(17)9-3-2-8(13)4-10(9)14/h2-6,11,17H,1H3. The van der Waals surface area contributed by atoms with Crippen LogP contribution in [0.3, 0.4) is 0 Å². The van der Waals surface area contributed by atoms with Gasteiger partial charge in [0.1, 0.15) is 11.9 Å². The topological polar surface area (TPSA) is 46.0 Å². The minimum atomic E-state index is -1.19. The van der Waals surface area contributed by atoms with Crippen molar-refractivity contribution in [1.29, 1.82) is 0 Å². The molecule has 0 saturated carbocycles. The van der Waals surface area contributed by atoms with Crippen LogP contribution in [-0.2, 0) is 0 Å². The number of hydrogen-bond donors (Lipinski definition) is 1. The van der Waals surface area contributed by atoms with Crippen LogP contribution in [0.4, 0.5) is 4.39 Å².